The summed E-state index contributed by atoms with van der Waals surface area (Å²) in [5.41, 5.74) is 1.30. The molecule has 0 aliphatic heterocycles. The van der Waals surface area contributed by atoms with Gasteiger partial charge in [0.2, 0.25) is 0 Å². The van der Waals surface area contributed by atoms with E-state index >= 15 is 0 Å². The number of rotatable bonds is 2. The molecular weight excluding hydrogens is 129 g/mol. The molecule has 1 atom stereocenters. The van der Waals surface area contributed by atoms with E-state index in [0.717, 1.165) is 6.54 Å². The predicted molar refractivity (Wildman–Crippen MR) is 47.1 cm³/mol. The number of nitrogens with zero attached hydrogens (tertiary/aromatic N) is 1. The molecule has 9 heavy (non-hydrogen) atoms. The molecule has 0 aromatic carbocycles. The molecule has 0 bridgehead atoms. The van der Waals surface area contributed by atoms with Crippen molar-refractivity contribution in [2.24, 2.45) is 4.99 Å². The molecule has 0 rings (SSSR count). The van der Waals surface area contributed by atoms with Crippen molar-refractivity contribution in [3.63, 3.8) is 0 Å². The van der Waals surface area contributed by atoms with Crippen LogP contribution in [0.3, 0.4) is 0 Å². The molecule has 0 amide bonds. The van der Waals surface area contributed by atoms with Gasteiger partial charge in [0.25, 0.3) is 0 Å². The van der Waals surface area contributed by atoms with Gasteiger partial charge >= 0.3 is 0 Å². The summed E-state index contributed by atoms with van der Waals surface area (Å²) < 4.78 is 0. The SMILES string of the molecule is CCN=CC(P)=C(C)C. The highest BCUT2D eigenvalue weighted by molar-refractivity contribution is 7.24. The first kappa shape index (κ1) is 8.84. The first-order valence-corrected chi connectivity index (χ1v) is 3.69. The van der Waals surface area contributed by atoms with Gasteiger partial charge in [-0.05, 0) is 26.1 Å². The van der Waals surface area contributed by atoms with E-state index in [0.29, 0.717) is 0 Å². The van der Waals surface area contributed by atoms with Crippen LogP contribution in [0.15, 0.2) is 15.9 Å². The second kappa shape index (κ2) is 4.69. The summed E-state index contributed by atoms with van der Waals surface area (Å²) in [7, 11) is 2.65. The Morgan fingerprint density at radius 1 is 1.56 bits per heavy atom. The van der Waals surface area contributed by atoms with Gasteiger partial charge in [-0.15, -0.1) is 9.24 Å². The average molecular weight is 143 g/mol. The summed E-state index contributed by atoms with van der Waals surface area (Å²) in [5.74, 6) is 0. The van der Waals surface area contributed by atoms with E-state index in [1.807, 2.05) is 13.1 Å². The first-order chi connectivity index (χ1) is 4.18. The fraction of sp³-hybridized carbons (Fsp3) is 0.571. The van der Waals surface area contributed by atoms with Gasteiger partial charge in [-0.1, -0.05) is 5.57 Å². The van der Waals surface area contributed by atoms with E-state index in [2.05, 4.69) is 28.1 Å². The minimum absolute atomic E-state index is 0.866. The first-order valence-electron chi connectivity index (χ1n) is 3.11. The molecule has 2 heteroatoms. The third-order valence-electron chi connectivity index (χ3n) is 0.990. The highest BCUT2D eigenvalue weighted by Crippen LogP contribution is 2.07. The van der Waals surface area contributed by atoms with Crippen LogP contribution in [0.25, 0.3) is 0 Å². The van der Waals surface area contributed by atoms with Crippen molar-refractivity contribution < 1.29 is 0 Å². The monoisotopic (exact) mass is 143 g/mol. The number of hydrogen-bond donors (Lipinski definition) is 0. The molecule has 52 valence electrons. The molecule has 1 nitrogen and oxygen atoms in total. The van der Waals surface area contributed by atoms with Crippen molar-refractivity contribution in [2.45, 2.75) is 20.8 Å². The smallest absolute Gasteiger partial charge is 0.0361 e. The minimum Gasteiger partial charge on any atom is -0.293 e. The maximum absolute atomic E-state index is 4.09. The molecule has 0 aromatic rings. The van der Waals surface area contributed by atoms with E-state index in [4.69, 9.17) is 0 Å². The van der Waals surface area contributed by atoms with Crippen molar-refractivity contribution in [1.29, 1.82) is 0 Å². The van der Waals surface area contributed by atoms with E-state index in [-0.39, 0.29) is 0 Å². The highest BCUT2D eigenvalue weighted by Gasteiger charge is 1.83. The van der Waals surface area contributed by atoms with Gasteiger partial charge in [-0.25, -0.2) is 0 Å². The van der Waals surface area contributed by atoms with Crippen LogP contribution in [0, 0.1) is 0 Å². The Morgan fingerprint density at radius 3 is 2.44 bits per heavy atom. The normalized spacial score (nSPS) is 10.2. The summed E-state index contributed by atoms with van der Waals surface area (Å²) >= 11 is 0. The molecule has 0 aromatic heterocycles. The van der Waals surface area contributed by atoms with E-state index in [1.54, 1.807) is 0 Å². The Balaban J connectivity index is 3.91. The van der Waals surface area contributed by atoms with Crippen LogP contribution in [-0.4, -0.2) is 12.8 Å². The van der Waals surface area contributed by atoms with Gasteiger partial charge < -0.3 is 0 Å². The standard InChI is InChI=1S/C7H14NP/c1-4-8-5-7(9)6(2)3/h5H,4,9H2,1-3H3. The Labute approximate surface area is 59.5 Å². The lowest BCUT2D eigenvalue weighted by Gasteiger charge is -1.92. The van der Waals surface area contributed by atoms with Gasteiger partial charge in [0.15, 0.2) is 0 Å². The summed E-state index contributed by atoms with van der Waals surface area (Å²) in [5, 5.41) is 1.19. The van der Waals surface area contributed by atoms with Crippen LogP contribution in [0.5, 0.6) is 0 Å². The number of allylic oxidation sites excluding steroid dienone is 2. The van der Waals surface area contributed by atoms with E-state index in [1.165, 1.54) is 10.9 Å². The zero-order chi connectivity index (χ0) is 7.28. The van der Waals surface area contributed by atoms with Gasteiger partial charge in [0.1, 0.15) is 0 Å². The van der Waals surface area contributed by atoms with Gasteiger partial charge in [-0.3, -0.25) is 4.99 Å². The van der Waals surface area contributed by atoms with Crippen LogP contribution < -0.4 is 0 Å². The predicted octanol–water partition coefficient (Wildman–Crippen LogP) is 2.25. The zero-order valence-corrected chi connectivity index (χ0v) is 7.46. The molecule has 0 spiro atoms. The summed E-state index contributed by atoms with van der Waals surface area (Å²) in [6.45, 7) is 7.04. The Kier molecular flexibility index (Phi) is 4.61. The Bertz CT molecular complexity index is 132. The van der Waals surface area contributed by atoms with Crippen LogP contribution >= 0.6 is 9.24 Å². The van der Waals surface area contributed by atoms with Crippen molar-refractivity contribution in [3.05, 3.63) is 10.9 Å². The molecule has 0 N–H and O–H groups in total. The molecule has 0 aliphatic carbocycles. The van der Waals surface area contributed by atoms with Crippen LogP contribution in [0.1, 0.15) is 20.8 Å². The molecule has 0 saturated carbocycles. The van der Waals surface area contributed by atoms with Gasteiger partial charge in [0, 0.05) is 12.8 Å². The van der Waals surface area contributed by atoms with Crippen LogP contribution in [0.2, 0.25) is 0 Å². The minimum atomic E-state index is 0.866. The van der Waals surface area contributed by atoms with Gasteiger partial charge in [0.05, 0.1) is 0 Å². The Morgan fingerprint density at radius 2 is 2.11 bits per heavy atom. The molecule has 1 unspecified atom stereocenters. The molecule has 0 saturated heterocycles. The third-order valence-corrected chi connectivity index (χ3v) is 1.72. The third kappa shape index (κ3) is 4.35. The van der Waals surface area contributed by atoms with Crippen LogP contribution in [0.4, 0.5) is 0 Å². The lowest BCUT2D eigenvalue weighted by atomic mass is 10.3. The topological polar surface area (TPSA) is 12.4 Å². The maximum Gasteiger partial charge on any atom is 0.0361 e. The largest absolute Gasteiger partial charge is 0.293 e. The summed E-state index contributed by atoms with van der Waals surface area (Å²) in [4.78, 5) is 4.09. The highest BCUT2D eigenvalue weighted by atomic mass is 31.0. The molecule has 0 aliphatic rings. The average Bonchev–Trinajstić information content (AvgIpc) is 1.82. The quantitative estimate of drug-likeness (QED) is 0.415. The molecule has 0 fully saturated rings. The van der Waals surface area contributed by atoms with E-state index in [9.17, 15) is 0 Å². The van der Waals surface area contributed by atoms with Gasteiger partial charge in [-0.2, -0.15) is 0 Å². The lowest BCUT2D eigenvalue weighted by molar-refractivity contribution is 1.14. The second-order valence-corrected chi connectivity index (χ2v) is 2.71. The van der Waals surface area contributed by atoms with Crippen molar-refractivity contribution >= 4 is 15.5 Å². The zero-order valence-electron chi connectivity index (χ0n) is 6.31. The fourth-order valence-electron chi connectivity index (χ4n) is 0.319. The fourth-order valence-corrected chi connectivity index (χ4v) is 0.424. The molecular formula is C7H14NP. The second-order valence-electron chi connectivity index (χ2n) is 2.08. The number of hydrogen-bond acceptors (Lipinski definition) is 1. The Hall–Kier alpha value is -0.160. The van der Waals surface area contributed by atoms with Crippen molar-refractivity contribution in [1.82, 2.24) is 0 Å². The van der Waals surface area contributed by atoms with E-state index < -0.39 is 0 Å². The molecule has 0 heterocycles. The lowest BCUT2D eigenvalue weighted by Crippen LogP contribution is -1.78. The summed E-state index contributed by atoms with van der Waals surface area (Å²) in [6, 6.07) is 0. The number of aliphatic imine (C=N–C) groups is 1. The summed E-state index contributed by atoms with van der Waals surface area (Å²) in [6.07, 6.45) is 1.89. The van der Waals surface area contributed by atoms with Crippen molar-refractivity contribution in [3.8, 4) is 0 Å². The molecule has 0 radical (unpaired) electrons. The maximum atomic E-state index is 4.09. The van der Waals surface area contributed by atoms with Crippen molar-refractivity contribution in [2.75, 3.05) is 6.54 Å². The van der Waals surface area contributed by atoms with Crippen LogP contribution in [-0.2, 0) is 0 Å².